The maximum atomic E-state index is 4.93. The van der Waals surface area contributed by atoms with Crippen LogP contribution < -0.4 is 4.68 Å². The Bertz CT molecular complexity index is 843. The van der Waals surface area contributed by atoms with Crippen LogP contribution in [0, 0.1) is 0 Å². The molecule has 1 aromatic heterocycles. The van der Waals surface area contributed by atoms with Gasteiger partial charge in [-0.2, -0.15) is 0 Å². The van der Waals surface area contributed by atoms with Crippen LogP contribution in [0.5, 0.6) is 0 Å². The third-order valence-electron chi connectivity index (χ3n) is 3.62. The molecule has 4 rings (SSSR count). The fourth-order valence-electron chi connectivity index (χ4n) is 2.49. The van der Waals surface area contributed by atoms with E-state index in [9.17, 15) is 0 Å². The van der Waals surface area contributed by atoms with Gasteiger partial charge in [-0.05, 0) is 0 Å². The minimum absolute atomic E-state index is 0.179. The first-order chi connectivity index (χ1) is 11.4. The van der Waals surface area contributed by atoms with E-state index in [-0.39, 0.29) is 14.5 Å². The Hall–Kier alpha value is -2.48. The summed E-state index contributed by atoms with van der Waals surface area (Å²) >= 11 is 0.179. The van der Waals surface area contributed by atoms with Gasteiger partial charge >= 0.3 is 141 Å². The molecule has 3 heteroatoms. The quantitative estimate of drug-likeness (QED) is 0.401. The first-order valence-electron chi connectivity index (χ1n) is 7.51. The molecule has 0 aliphatic heterocycles. The van der Waals surface area contributed by atoms with Crippen molar-refractivity contribution in [2.24, 2.45) is 0 Å². The van der Waals surface area contributed by atoms with Gasteiger partial charge in [0, 0.05) is 0 Å². The second-order valence-corrected chi connectivity index (χ2v) is 7.24. The number of rotatable bonds is 3. The summed E-state index contributed by atoms with van der Waals surface area (Å²) in [4.78, 5) is 0. The predicted octanol–water partition coefficient (Wildman–Crippen LogP) is 3.75. The number of nitrogens with zero attached hydrogens (tertiary/aromatic N) is 2. The summed E-state index contributed by atoms with van der Waals surface area (Å²) in [6.45, 7) is 0. The average Bonchev–Trinajstić information content (AvgIpc) is 3.09. The van der Waals surface area contributed by atoms with Crippen molar-refractivity contribution < 1.29 is 4.68 Å². The maximum absolute atomic E-state index is 4.93. The van der Waals surface area contributed by atoms with E-state index in [4.69, 9.17) is 5.10 Å². The second-order valence-electron chi connectivity index (χ2n) is 5.19. The molecule has 0 unspecified atom stereocenters. The Kier molecular flexibility index (Phi) is 3.89. The van der Waals surface area contributed by atoms with E-state index < -0.39 is 0 Å². The van der Waals surface area contributed by atoms with Gasteiger partial charge in [0.15, 0.2) is 0 Å². The normalized spacial score (nSPS) is 10.6. The molecule has 0 amide bonds. The summed E-state index contributed by atoms with van der Waals surface area (Å²) in [6, 6.07) is 31.4. The number of hydrogen-bond donors (Lipinski definition) is 0. The standard InChI is InChI=1S/C20H15N2Se/c1-4-10-16(11-5-1)19-21-22(18-14-8-3-9-15-18)20(23-19)17-12-6-2-7-13-17/h1-15H/q+1. The van der Waals surface area contributed by atoms with Crippen LogP contribution >= 0.6 is 0 Å². The molecule has 0 N–H and O–H groups in total. The van der Waals surface area contributed by atoms with Crippen LogP contribution in [0.2, 0.25) is 0 Å². The Morgan fingerprint density at radius 2 is 1.13 bits per heavy atom. The Morgan fingerprint density at radius 1 is 0.609 bits per heavy atom. The van der Waals surface area contributed by atoms with Crippen LogP contribution in [0.15, 0.2) is 91.0 Å². The van der Waals surface area contributed by atoms with Crippen LogP contribution in [0.25, 0.3) is 25.9 Å². The van der Waals surface area contributed by atoms with E-state index in [1.54, 1.807) is 0 Å². The van der Waals surface area contributed by atoms with Gasteiger partial charge in [-0.3, -0.25) is 0 Å². The monoisotopic (exact) mass is 363 g/mol. The van der Waals surface area contributed by atoms with Gasteiger partial charge in [-0.25, -0.2) is 0 Å². The van der Waals surface area contributed by atoms with Gasteiger partial charge in [-0.15, -0.1) is 0 Å². The van der Waals surface area contributed by atoms with E-state index in [0.717, 1.165) is 5.69 Å². The Balaban J connectivity index is 1.91. The average molecular weight is 362 g/mol. The molecule has 0 aliphatic carbocycles. The summed E-state index contributed by atoms with van der Waals surface area (Å²) in [5.74, 6) is 0. The van der Waals surface area contributed by atoms with Crippen LogP contribution in [-0.4, -0.2) is 19.6 Å². The topological polar surface area (TPSA) is 16.8 Å². The molecule has 0 atom stereocenters. The van der Waals surface area contributed by atoms with E-state index in [0.29, 0.717) is 0 Å². The third-order valence-corrected chi connectivity index (χ3v) is 5.95. The fraction of sp³-hybridized carbons (Fsp3) is 0. The predicted molar refractivity (Wildman–Crippen MR) is 93.6 cm³/mol. The van der Waals surface area contributed by atoms with Crippen molar-refractivity contribution in [3.8, 4) is 25.9 Å². The van der Waals surface area contributed by atoms with Gasteiger partial charge in [0.2, 0.25) is 0 Å². The minimum atomic E-state index is 0.179. The first kappa shape index (κ1) is 14.1. The summed E-state index contributed by atoms with van der Waals surface area (Å²) in [6.07, 6.45) is 0. The number of para-hydroxylation sites is 1. The number of hydrogen-bond acceptors (Lipinski definition) is 1. The van der Waals surface area contributed by atoms with Gasteiger partial charge in [0.25, 0.3) is 0 Å². The van der Waals surface area contributed by atoms with Crippen molar-refractivity contribution in [2.45, 2.75) is 0 Å². The summed E-state index contributed by atoms with van der Waals surface area (Å²) in [5.41, 5.74) is 3.56. The van der Waals surface area contributed by atoms with E-state index >= 15 is 0 Å². The zero-order valence-electron chi connectivity index (χ0n) is 12.5. The number of benzene rings is 3. The summed E-state index contributed by atoms with van der Waals surface area (Å²) in [7, 11) is 0. The van der Waals surface area contributed by atoms with Crippen LogP contribution in [0.1, 0.15) is 0 Å². The molecule has 1 heterocycles. The number of aromatic nitrogens is 2. The first-order valence-corrected chi connectivity index (χ1v) is 9.22. The van der Waals surface area contributed by atoms with Gasteiger partial charge in [0.05, 0.1) is 0 Å². The summed E-state index contributed by atoms with van der Waals surface area (Å²) < 4.78 is 4.54. The molecule has 0 aliphatic rings. The molecule has 0 saturated carbocycles. The van der Waals surface area contributed by atoms with Crippen molar-refractivity contribution in [1.29, 1.82) is 0 Å². The van der Waals surface area contributed by atoms with Crippen LogP contribution in [-0.2, 0) is 0 Å². The summed E-state index contributed by atoms with van der Waals surface area (Å²) in [5, 5.41) is 4.93. The van der Waals surface area contributed by atoms with E-state index in [1.807, 2.05) is 12.1 Å². The van der Waals surface area contributed by atoms with Gasteiger partial charge < -0.3 is 0 Å². The molecule has 0 fully saturated rings. The van der Waals surface area contributed by atoms with Crippen molar-refractivity contribution in [3.05, 3.63) is 91.0 Å². The van der Waals surface area contributed by atoms with E-state index in [2.05, 4.69) is 83.5 Å². The molecule has 23 heavy (non-hydrogen) atoms. The molecule has 4 aromatic rings. The molecule has 3 aromatic carbocycles. The van der Waals surface area contributed by atoms with Crippen molar-refractivity contribution in [1.82, 2.24) is 5.10 Å². The van der Waals surface area contributed by atoms with Gasteiger partial charge in [-0.1, -0.05) is 0 Å². The molecule has 0 bridgehead atoms. The zero-order valence-corrected chi connectivity index (χ0v) is 14.2. The second kappa shape index (κ2) is 6.33. The van der Waals surface area contributed by atoms with E-state index in [1.165, 1.54) is 20.3 Å². The molecule has 0 spiro atoms. The fourth-order valence-corrected chi connectivity index (χ4v) is 4.69. The van der Waals surface area contributed by atoms with Crippen molar-refractivity contribution in [3.63, 3.8) is 0 Å². The SMILES string of the molecule is c1ccc(-c2n[n+](-c3ccccc3)c(-c3ccccc3)[se]2)cc1. The Labute approximate surface area is 141 Å². The molecule has 0 saturated heterocycles. The molecule has 0 radical (unpaired) electrons. The molecule has 2 nitrogen and oxygen atoms in total. The molecular weight excluding hydrogens is 347 g/mol. The Morgan fingerprint density at radius 3 is 1.74 bits per heavy atom. The molecular formula is C20H15N2Se+. The van der Waals surface area contributed by atoms with Gasteiger partial charge in [0.1, 0.15) is 0 Å². The zero-order chi connectivity index (χ0) is 15.5. The van der Waals surface area contributed by atoms with Crippen molar-refractivity contribution in [2.75, 3.05) is 0 Å². The third kappa shape index (κ3) is 2.89. The van der Waals surface area contributed by atoms with Crippen molar-refractivity contribution >= 4 is 14.5 Å². The van der Waals surface area contributed by atoms with Crippen LogP contribution in [0.4, 0.5) is 0 Å². The van der Waals surface area contributed by atoms with Crippen LogP contribution in [0.3, 0.4) is 0 Å². The molecule has 110 valence electrons.